The molecule has 1 rings (SSSR count). The van der Waals surface area contributed by atoms with E-state index in [-0.39, 0.29) is 4.48 Å². The van der Waals surface area contributed by atoms with Crippen molar-refractivity contribution in [1.82, 2.24) is 0 Å². The van der Waals surface area contributed by atoms with Gasteiger partial charge in [-0.3, -0.25) is 0 Å². The predicted molar refractivity (Wildman–Crippen MR) is 42.5 cm³/mol. The van der Waals surface area contributed by atoms with Crippen LogP contribution in [0.25, 0.3) is 0 Å². The Labute approximate surface area is 80.4 Å². The van der Waals surface area contributed by atoms with Crippen LogP contribution in [0.4, 0.5) is 13.2 Å². The first-order valence-corrected chi connectivity index (χ1v) is 3.82. The van der Waals surface area contributed by atoms with Crippen LogP contribution in [0.15, 0.2) is 35.0 Å². The standard InChI is InChI=1S/C7H4BrF3O2/c1-3(8)5-6(4(2)9)13-7(10,11)12-5/h1-2H2. The van der Waals surface area contributed by atoms with E-state index < -0.39 is 23.6 Å². The highest BCUT2D eigenvalue weighted by Gasteiger charge is 2.46. The predicted octanol–water partition coefficient (Wildman–Crippen LogP) is 3.19. The second-order valence-electron chi connectivity index (χ2n) is 2.14. The van der Waals surface area contributed by atoms with Gasteiger partial charge in [-0.15, -0.1) is 8.78 Å². The van der Waals surface area contributed by atoms with Crippen molar-refractivity contribution >= 4 is 15.9 Å². The first-order chi connectivity index (χ1) is 5.83. The van der Waals surface area contributed by atoms with Crippen LogP contribution in [-0.2, 0) is 9.47 Å². The molecule has 13 heavy (non-hydrogen) atoms. The summed E-state index contributed by atoms with van der Waals surface area (Å²) in [7, 11) is 0. The highest BCUT2D eigenvalue weighted by atomic mass is 79.9. The first kappa shape index (κ1) is 10.2. The summed E-state index contributed by atoms with van der Waals surface area (Å²) in [5.74, 6) is -2.38. The maximum Gasteiger partial charge on any atom is 0.586 e. The number of hydrogen-bond donors (Lipinski definition) is 0. The van der Waals surface area contributed by atoms with Crippen LogP contribution in [0, 0.1) is 0 Å². The minimum absolute atomic E-state index is 0.0431. The highest BCUT2D eigenvalue weighted by molar-refractivity contribution is 9.11. The van der Waals surface area contributed by atoms with E-state index in [1.807, 2.05) is 0 Å². The van der Waals surface area contributed by atoms with Gasteiger partial charge in [-0.05, 0) is 15.9 Å². The molecule has 0 radical (unpaired) electrons. The average molecular weight is 257 g/mol. The van der Waals surface area contributed by atoms with Gasteiger partial charge in [-0.25, -0.2) is 4.39 Å². The van der Waals surface area contributed by atoms with Crippen molar-refractivity contribution in [2.45, 2.75) is 6.29 Å². The number of allylic oxidation sites excluding steroid dienone is 2. The molecule has 0 saturated heterocycles. The fraction of sp³-hybridized carbons (Fsp3) is 0.143. The molecule has 0 aromatic heterocycles. The molecule has 0 unspecified atom stereocenters. The van der Waals surface area contributed by atoms with Crippen LogP contribution in [-0.4, -0.2) is 6.29 Å². The quantitative estimate of drug-likeness (QED) is 0.756. The number of hydrogen-bond acceptors (Lipinski definition) is 2. The molecule has 0 fully saturated rings. The zero-order chi connectivity index (χ0) is 10.2. The molecule has 6 heteroatoms. The monoisotopic (exact) mass is 256 g/mol. The molecule has 1 aliphatic rings. The topological polar surface area (TPSA) is 18.5 Å². The molecule has 0 atom stereocenters. The van der Waals surface area contributed by atoms with Gasteiger partial charge in [0.25, 0.3) is 0 Å². The number of halogens is 4. The van der Waals surface area contributed by atoms with Crippen LogP contribution in [0.1, 0.15) is 0 Å². The van der Waals surface area contributed by atoms with Crippen LogP contribution < -0.4 is 0 Å². The third-order valence-electron chi connectivity index (χ3n) is 1.14. The minimum atomic E-state index is -3.86. The molecule has 0 spiro atoms. The Morgan fingerprint density at radius 3 is 2.00 bits per heavy atom. The number of rotatable bonds is 2. The average Bonchev–Trinajstić information content (AvgIpc) is 2.26. The van der Waals surface area contributed by atoms with Crippen LogP contribution >= 0.6 is 15.9 Å². The maximum absolute atomic E-state index is 12.5. The summed E-state index contributed by atoms with van der Waals surface area (Å²) in [4.78, 5) is 0. The van der Waals surface area contributed by atoms with Crippen LogP contribution in [0.5, 0.6) is 0 Å². The Morgan fingerprint density at radius 2 is 1.69 bits per heavy atom. The van der Waals surface area contributed by atoms with Gasteiger partial charge < -0.3 is 9.47 Å². The third-order valence-corrected chi connectivity index (χ3v) is 1.50. The van der Waals surface area contributed by atoms with Crippen molar-refractivity contribution in [3.63, 3.8) is 0 Å². The van der Waals surface area contributed by atoms with Gasteiger partial charge in [-0.2, -0.15) is 0 Å². The van der Waals surface area contributed by atoms with Crippen LogP contribution in [0.2, 0.25) is 0 Å². The Balaban J connectivity index is 3.04. The van der Waals surface area contributed by atoms with E-state index >= 15 is 0 Å². The second kappa shape index (κ2) is 3.10. The lowest BCUT2D eigenvalue weighted by Crippen LogP contribution is -2.16. The van der Waals surface area contributed by atoms with Gasteiger partial charge in [0.2, 0.25) is 5.76 Å². The van der Waals surface area contributed by atoms with E-state index in [1.54, 1.807) is 0 Å². The first-order valence-electron chi connectivity index (χ1n) is 3.03. The Bertz CT molecular complexity index is 281. The number of ether oxygens (including phenoxy) is 2. The summed E-state index contributed by atoms with van der Waals surface area (Å²) < 4.78 is 45.1. The molecule has 0 amide bonds. The fourth-order valence-electron chi connectivity index (χ4n) is 0.708. The second-order valence-corrected chi connectivity index (χ2v) is 3.09. The van der Waals surface area contributed by atoms with E-state index in [1.165, 1.54) is 0 Å². The van der Waals surface area contributed by atoms with Gasteiger partial charge >= 0.3 is 6.29 Å². The SMILES string of the molecule is C=C(F)C1=C(C(=C)Br)OC(F)(F)O1. The molecule has 0 aromatic carbocycles. The van der Waals surface area contributed by atoms with Crippen LogP contribution in [0.3, 0.4) is 0 Å². The van der Waals surface area contributed by atoms with Gasteiger partial charge in [0.05, 0.1) is 4.48 Å². The minimum Gasteiger partial charge on any atom is -0.394 e. The van der Waals surface area contributed by atoms with E-state index in [4.69, 9.17) is 0 Å². The van der Waals surface area contributed by atoms with Crippen molar-refractivity contribution in [3.05, 3.63) is 35.0 Å². The fourth-order valence-corrected chi connectivity index (χ4v) is 0.969. The molecule has 1 aliphatic heterocycles. The summed E-state index contributed by atoms with van der Waals surface area (Å²) in [5.41, 5.74) is 0. The summed E-state index contributed by atoms with van der Waals surface area (Å²) in [6.07, 6.45) is -3.86. The van der Waals surface area contributed by atoms with Gasteiger partial charge in [-0.1, -0.05) is 13.2 Å². The lowest BCUT2D eigenvalue weighted by Gasteiger charge is -2.07. The number of alkyl halides is 2. The van der Waals surface area contributed by atoms with Crippen molar-refractivity contribution in [1.29, 1.82) is 0 Å². The van der Waals surface area contributed by atoms with Gasteiger partial charge in [0.1, 0.15) is 0 Å². The highest BCUT2D eigenvalue weighted by Crippen LogP contribution is 2.40. The molecule has 0 bridgehead atoms. The van der Waals surface area contributed by atoms with Crippen molar-refractivity contribution in [2.24, 2.45) is 0 Å². The maximum atomic E-state index is 12.5. The molecule has 72 valence electrons. The molecule has 1 heterocycles. The van der Waals surface area contributed by atoms with Gasteiger partial charge in [0, 0.05) is 0 Å². The zero-order valence-electron chi connectivity index (χ0n) is 6.24. The Morgan fingerprint density at radius 1 is 1.23 bits per heavy atom. The van der Waals surface area contributed by atoms with Crippen molar-refractivity contribution in [2.75, 3.05) is 0 Å². The molecule has 0 N–H and O–H groups in total. The van der Waals surface area contributed by atoms with E-state index in [2.05, 4.69) is 38.6 Å². The summed E-state index contributed by atoms with van der Waals surface area (Å²) in [5, 5.41) is 0. The van der Waals surface area contributed by atoms with E-state index in [0.29, 0.717) is 0 Å². The lowest BCUT2D eigenvalue weighted by atomic mass is 10.4. The Hall–Kier alpha value is -0.910. The summed E-state index contributed by atoms with van der Waals surface area (Å²) in [6.45, 7) is 6.06. The molecule has 0 aromatic rings. The largest absolute Gasteiger partial charge is 0.586 e. The zero-order valence-corrected chi connectivity index (χ0v) is 7.83. The summed E-state index contributed by atoms with van der Waals surface area (Å²) >= 11 is 2.76. The normalized spacial score (nSPS) is 19.4. The van der Waals surface area contributed by atoms with Crippen molar-refractivity contribution < 1.29 is 22.6 Å². The third kappa shape index (κ3) is 2.06. The smallest absolute Gasteiger partial charge is 0.394 e. The lowest BCUT2D eigenvalue weighted by molar-refractivity contribution is -0.336. The van der Waals surface area contributed by atoms with E-state index in [0.717, 1.165) is 0 Å². The van der Waals surface area contributed by atoms with E-state index in [9.17, 15) is 13.2 Å². The molecule has 2 nitrogen and oxygen atoms in total. The van der Waals surface area contributed by atoms with Gasteiger partial charge in [0.15, 0.2) is 11.6 Å². The molecular weight excluding hydrogens is 253 g/mol. The molecule has 0 aliphatic carbocycles. The molecule has 0 saturated carbocycles. The molecular formula is C7H4BrF3O2. The Kier molecular flexibility index (Phi) is 2.42. The summed E-state index contributed by atoms with van der Waals surface area (Å²) in [6, 6.07) is 0. The van der Waals surface area contributed by atoms with Crippen molar-refractivity contribution in [3.8, 4) is 0 Å².